The van der Waals surface area contributed by atoms with Crippen LogP contribution >= 0.6 is 0 Å². The van der Waals surface area contributed by atoms with Crippen molar-refractivity contribution in [3.63, 3.8) is 0 Å². The average molecular weight is 353 g/mol. The monoisotopic (exact) mass is 353 g/mol. The van der Waals surface area contributed by atoms with Crippen LogP contribution in [-0.2, 0) is 13.1 Å². The molecule has 0 amide bonds. The highest BCUT2D eigenvalue weighted by atomic mass is 16.5. The van der Waals surface area contributed by atoms with Crippen LogP contribution in [-0.4, -0.2) is 31.3 Å². The summed E-state index contributed by atoms with van der Waals surface area (Å²) < 4.78 is 7.24. The summed E-state index contributed by atoms with van der Waals surface area (Å²) in [6.07, 6.45) is 3.26. The van der Waals surface area contributed by atoms with Crippen molar-refractivity contribution in [3.05, 3.63) is 54.0 Å². The summed E-state index contributed by atoms with van der Waals surface area (Å²) in [6.45, 7) is 3.22. The van der Waals surface area contributed by atoms with Crippen LogP contribution < -0.4 is 5.32 Å². The molecule has 1 atom stereocenters. The molecular weight excluding hydrogens is 330 g/mol. The largest absolute Gasteiger partial charge is 0.387 e. The fraction of sp³-hybridized carbons (Fsp3) is 0.421. The van der Waals surface area contributed by atoms with Crippen molar-refractivity contribution in [2.75, 3.05) is 0 Å². The first-order valence-corrected chi connectivity index (χ1v) is 9.00. The van der Waals surface area contributed by atoms with Gasteiger partial charge in [-0.1, -0.05) is 40.7 Å². The van der Waals surface area contributed by atoms with Crippen molar-refractivity contribution in [1.29, 1.82) is 0 Å². The molecule has 1 aromatic carbocycles. The zero-order chi connectivity index (χ0) is 17.9. The third-order valence-electron chi connectivity index (χ3n) is 4.94. The van der Waals surface area contributed by atoms with Gasteiger partial charge in [-0.05, 0) is 25.7 Å². The van der Waals surface area contributed by atoms with Gasteiger partial charge in [-0.25, -0.2) is 4.68 Å². The van der Waals surface area contributed by atoms with Crippen LogP contribution in [0.25, 0.3) is 11.3 Å². The van der Waals surface area contributed by atoms with E-state index in [9.17, 15) is 5.11 Å². The molecule has 1 aliphatic rings. The normalized spacial score (nSPS) is 20.7. The molecule has 2 N–H and O–H groups in total. The number of nitrogens with one attached hydrogen (secondary N) is 1. The van der Waals surface area contributed by atoms with Gasteiger partial charge in [0.2, 0.25) is 0 Å². The predicted molar refractivity (Wildman–Crippen MR) is 95.9 cm³/mol. The van der Waals surface area contributed by atoms with Crippen LogP contribution in [0.3, 0.4) is 0 Å². The molecule has 4 rings (SSSR count). The molecule has 2 heterocycles. The summed E-state index contributed by atoms with van der Waals surface area (Å²) in [7, 11) is 0. The topological polar surface area (TPSA) is 89.0 Å². The molecule has 0 saturated heterocycles. The van der Waals surface area contributed by atoms with Gasteiger partial charge in [0.15, 0.2) is 5.76 Å². The third-order valence-corrected chi connectivity index (χ3v) is 4.94. The SMILES string of the molecule is C[C@@H](O)c1cnnn1C[C@H]1C[C@@H](NCc2cc(-c3ccccc3)no2)C1. The van der Waals surface area contributed by atoms with Crippen molar-refractivity contribution >= 4 is 0 Å². The zero-order valence-corrected chi connectivity index (χ0v) is 14.7. The van der Waals surface area contributed by atoms with Gasteiger partial charge in [-0.15, -0.1) is 5.10 Å². The Bertz CT molecular complexity index is 837. The Labute approximate surface area is 152 Å². The molecule has 7 nitrogen and oxygen atoms in total. The summed E-state index contributed by atoms with van der Waals surface area (Å²) in [5.41, 5.74) is 2.70. The molecule has 0 unspecified atom stereocenters. The molecule has 0 aliphatic heterocycles. The van der Waals surface area contributed by atoms with Gasteiger partial charge in [0.1, 0.15) is 5.69 Å². The second-order valence-electron chi connectivity index (χ2n) is 6.98. The minimum Gasteiger partial charge on any atom is -0.387 e. The lowest BCUT2D eigenvalue weighted by atomic mass is 9.80. The second-order valence-corrected chi connectivity index (χ2v) is 6.98. The molecule has 136 valence electrons. The van der Waals surface area contributed by atoms with Gasteiger partial charge in [0, 0.05) is 24.2 Å². The van der Waals surface area contributed by atoms with E-state index in [-0.39, 0.29) is 0 Å². The number of nitrogens with zero attached hydrogens (tertiary/aromatic N) is 4. The van der Waals surface area contributed by atoms with E-state index in [2.05, 4.69) is 20.8 Å². The average Bonchev–Trinajstić information content (AvgIpc) is 3.27. The standard InChI is InChI=1S/C19H23N5O2/c1-13(25)19-11-21-23-24(19)12-14-7-16(8-14)20-10-17-9-18(22-26-17)15-5-3-2-4-6-15/h2-6,9,11,13-14,16,20,25H,7-8,10,12H2,1H3/t13-,14-,16+/m1/s1. The Hall–Kier alpha value is -2.51. The maximum Gasteiger partial charge on any atom is 0.151 e. The second kappa shape index (κ2) is 7.39. The molecule has 7 heteroatoms. The Balaban J connectivity index is 1.24. The van der Waals surface area contributed by atoms with Crippen LogP contribution in [0.2, 0.25) is 0 Å². The van der Waals surface area contributed by atoms with E-state index >= 15 is 0 Å². The summed E-state index contributed by atoms with van der Waals surface area (Å²) in [4.78, 5) is 0. The van der Waals surface area contributed by atoms with Gasteiger partial charge < -0.3 is 14.9 Å². The molecule has 1 fully saturated rings. The lowest BCUT2D eigenvalue weighted by Crippen LogP contribution is -2.42. The Kier molecular flexibility index (Phi) is 4.81. The zero-order valence-electron chi connectivity index (χ0n) is 14.7. The van der Waals surface area contributed by atoms with Gasteiger partial charge in [0.05, 0.1) is 24.5 Å². The molecule has 0 radical (unpaired) electrons. The van der Waals surface area contributed by atoms with Crippen molar-refractivity contribution in [1.82, 2.24) is 25.5 Å². The maximum absolute atomic E-state index is 9.71. The van der Waals surface area contributed by atoms with Crippen molar-refractivity contribution in [3.8, 4) is 11.3 Å². The minimum atomic E-state index is -0.538. The van der Waals surface area contributed by atoms with Gasteiger partial charge in [-0.2, -0.15) is 0 Å². The highest BCUT2D eigenvalue weighted by Gasteiger charge is 2.30. The molecule has 2 aromatic heterocycles. The lowest BCUT2D eigenvalue weighted by molar-refractivity contribution is 0.162. The van der Waals surface area contributed by atoms with E-state index in [1.807, 2.05) is 41.1 Å². The van der Waals surface area contributed by atoms with Crippen LogP contribution in [0.5, 0.6) is 0 Å². The van der Waals surface area contributed by atoms with Crippen LogP contribution in [0, 0.1) is 5.92 Å². The molecule has 0 bridgehead atoms. The maximum atomic E-state index is 9.71. The van der Waals surface area contributed by atoms with E-state index in [1.165, 1.54) is 0 Å². The number of rotatable bonds is 7. The first-order valence-electron chi connectivity index (χ1n) is 9.00. The van der Waals surface area contributed by atoms with Crippen molar-refractivity contribution in [2.24, 2.45) is 5.92 Å². The Morgan fingerprint density at radius 2 is 2.12 bits per heavy atom. The van der Waals surface area contributed by atoms with Crippen LogP contribution in [0.4, 0.5) is 0 Å². The summed E-state index contributed by atoms with van der Waals surface area (Å²) in [6, 6.07) is 12.5. The summed E-state index contributed by atoms with van der Waals surface area (Å²) in [5.74, 6) is 1.40. The fourth-order valence-corrected chi connectivity index (χ4v) is 3.41. The number of aliphatic hydroxyl groups is 1. The van der Waals surface area contributed by atoms with E-state index in [1.54, 1.807) is 13.1 Å². The van der Waals surface area contributed by atoms with E-state index in [4.69, 9.17) is 4.52 Å². The third kappa shape index (κ3) is 3.68. The van der Waals surface area contributed by atoms with Crippen LogP contribution in [0.15, 0.2) is 47.1 Å². The van der Waals surface area contributed by atoms with Crippen LogP contribution in [0.1, 0.15) is 37.3 Å². The number of aliphatic hydroxyl groups excluding tert-OH is 1. The number of hydrogen-bond acceptors (Lipinski definition) is 6. The van der Waals surface area contributed by atoms with Gasteiger partial charge >= 0.3 is 0 Å². The van der Waals surface area contributed by atoms with Gasteiger partial charge in [-0.3, -0.25) is 0 Å². The lowest BCUT2D eigenvalue weighted by Gasteiger charge is -2.36. The van der Waals surface area contributed by atoms with E-state index in [0.717, 1.165) is 42.1 Å². The fourth-order valence-electron chi connectivity index (χ4n) is 3.41. The first-order chi connectivity index (χ1) is 12.7. The number of aromatic nitrogens is 4. The smallest absolute Gasteiger partial charge is 0.151 e. The van der Waals surface area contributed by atoms with E-state index in [0.29, 0.717) is 18.5 Å². The first kappa shape index (κ1) is 16.9. The van der Waals surface area contributed by atoms with Gasteiger partial charge in [0.25, 0.3) is 0 Å². The molecule has 1 saturated carbocycles. The Morgan fingerprint density at radius 3 is 2.88 bits per heavy atom. The highest BCUT2D eigenvalue weighted by molar-refractivity contribution is 5.58. The predicted octanol–water partition coefficient (Wildman–Crippen LogP) is 2.55. The summed E-state index contributed by atoms with van der Waals surface area (Å²) in [5, 5.41) is 25.3. The van der Waals surface area contributed by atoms with E-state index < -0.39 is 6.10 Å². The molecule has 26 heavy (non-hydrogen) atoms. The molecule has 3 aromatic rings. The highest BCUT2D eigenvalue weighted by Crippen LogP contribution is 2.30. The summed E-state index contributed by atoms with van der Waals surface area (Å²) >= 11 is 0. The van der Waals surface area contributed by atoms with Crippen molar-refractivity contribution < 1.29 is 9.63 Å². The molecule has 1 aliphatic carbocycles. The molecular formula is C19H23N5O2. The number of hydrogen-bond donors (Lipinski definition) is 2. The van der Waals surface area contributed by atoms with Crippen molar-refractivity contribution in [2.45, 2.75) is 45.0 Å². The quantitative estimate of drug-likeness (QED) is 0.679. The Morgan fingerprint density at radius 1 is 1.31 bits per heavy atom. The minimum absolute atomic E-state index is 0.476. The number of benzene rings is 1. The molecule has 0 spiro atoms.